The third-order valence-corrected chi connectivity index (χ3v) is 2.87. The fourth-order valence-electron chi connectivity index (χ4n) is 1.73. The summed E-state index contributed by atoms with van der Waals surface area (Å²) in [6.45, 7) is 2.93. The summed E-state index contributed by atoms with van der Waals surface area (Å²) >= 11 is 5.76. The standard InChI is InChI=1S/C14H15ClN2/c1-11-4-3-5-13(8-11)17(2)10-12-6-7-14(15)16-9-12/h3-9H,10H2,1-2H3. The second kappa shape index (κ2) is 5.19. The van der Waals surface area contributed by atoms with Crippen molar-refractivity contribution in [2.45, 2.75) is 13.5 Å². The van der Waals surface area contributed by atoms with Gasteiger partial charge in [-0.3, -0.25) is 0 Å². The molecule has 17 heavy (non-hydrogen) atoms. The minimum Gasteiger partial charge on any atom is -0.370 e. The molecule has 0 radical (unpaired) electrons. The summed E-state index contributed by atoms with van der Waals surface area (Å²) in [5.74, 6) is 0. The van der Waals surface area contributed by atoms with Gasteiger partial charge in [0.15, 0.2) is 0 Å². The molecular weight excluding hydrogens is 232 g/mol. The Kier molecular flexibility index (Phi) is 3.64. The number of nitrogens with zero attached hydrogens (tertiary/aromatic N) is 2. The maximum Gasteiger partial charge on any atom is 0.129 e. The van der Waals surface area contributed by atoms with Crippen LogP contribution in [-0.2, 0) is 6.54 Å². The first-order valence-electron chi connectivity index (χ1n) is 5.53. The second-order valence-electron chi connectivity index (χ2n) is 4.18. The van der Waals surface area contributed by atoms with E-state index in [4.69, 9.17) is 11.6 Å². The first-order valence-corrected chi connectivity index (χ1v) is 5.91. The molecule has 0 saturated heterocycles. The number of halogens is 1. The highest BCUT2D eigenvalue weighted by Gasteiger charge is 2.02. The summed E-state index contributed by atoms with van der Waals surface area (Å²) < 4.78 is 0. The van der Waals surface area contributed by atoms with Gasteiger partial charge in [0.1, 0.15) is 5.15 Å². The quantitative estimate of drug-likeness (QED) is 0.768. The molecular formula is C14H15ClN2. The Morgan fingerprint density at radius 3 is 2.71 bits per heavy atom. The molecule has 2 nitrogen and oxygen atoms in total. The Hall–Kier alpha value is -1.54. The Bertz CT molecular complexity index is 494. The van der Waals surface area contributed by atoms with Crippen molar-refractivity contribution in [1.82, 2.24) is 4.98 Å². The molecule has 2 aromatic rings. The van der Waals surface area contributed by atoms with Crippen LogP contribution in [0.1, 0.15) is 11.1 Å². The van der Waals surface area contributed by atoms with Crippen molar-refractivity contribution in [3.8, 4) is 0 Å². The summed E-state index contributed by atoms with van der Waals surface area (Å²) in [6.07, 6.45) is 1.81. The van der Waals surface area contributed by atoms with E-state index in [0.29, 0.717) is 5.15 Å². The number of aromatic nitrogens is 1. The molecule has 0 aliphatic heterocycles. The maximum atomic E-state index is 5.76. The minimum atomic E-state index is 0.534. The van der Waals surface area contributed by atoms with Gasteiger partial charge in [-0.05, 0) is 36.2 Å². The number of rotatable bonds is 3. The fourth-order valence-corrected chi connectivity index (χ4v) is 1.84. The van der Waals surface area contributed by atoms with Crippen LogP contribution in [0.4, 0.5) is 5.69 Å². The molecule has 0 aliphatic carbocycles. The zero-order chi connectivity index (χ0) is 12.3. The largest absolute Gasteiger partial charge is 0.370 e. The van der Waals surface area contributed by atoms with E-state index in [1.807, 2.05) is 18.3 Å². The second-order valence-corrected chi connectivity index (χ2v) is 4.57. The molecule has 1 heterocycles. The van der Waals surface area contributed by atoms with E-state index >= 15 is 0 Å². The lowest BCUT2D eigenvalue weighted by Crippen LogP contribution is -2.16. The first-order chi connectivity index (χ1) is 8.15. The summed E-state index contributed by atoms with van der Waals surface area (Å²) in [4.78, 5) is 6.27. The Labute approximate surface area is 107 Å². The monoisotopic (exact) mass is 246 g/mol. The fraction of sp³-hybridized carbons (Fsp3) is 0.214. The number of anilines is 1. The van der Waals surface area contributed by atoms with Crippen molar-refractivity contribution in [3.05, 3.63) is 58.9 Å². The van der Waals surface area contributed by atoms with Gasteiger partial charge in [-0.25, -0.2) is 4.98 Å². The molecule has 88 valence electrons. The third kappa shape index (κ3) is 3.21. The zero-order valence-electron chi connectivity index (χ0n) is 10.0. The van der Waals surface area contributed by atoms with Crippen LogP contribution in [0.5, 0.6) is 0 Å². The van der Waals surface area contributed by atoms with Gasteiger partial charge in [0.05, 0.1) is 0 Å². The van der Waals surface area contributed by atoms with Gasteiger partial charge in [-0.2, -0.15) is 0 Å². The maximum absolute atomic E-state index is 5.76. The van der Waals surface area contributed by atoms with Gasteiger partial charge in [-0.15, -0.1) is 0 Å². The van der Waals surface area contributed by atoms with Crippen LogP contribution in [0.3, 0.4) is 0 Å². The predicted octanol–water partition coefficient (Wildman–Crippen LogP) is 3.68. The number of pyridine rings is 1. The lowest BCUT2D eigenvalue weighted by Gasteiger charge is -2.19. The molecule has 0 amide bonds. The van der Waals surface area contributed by atoms with Crippen LogP contribution >= 0.6 is 11.6 Å². The van der Waals surface area contributed by atoms with Crippen molar-refractivity contribution in [2.75, 3.05) is 11.9 Å². The summed E-state index contributed by atoms with van der Waals surface area (Å²) in [5.41, 5.74) is 3.63. The highest BCUT2D eigenvalue weighted by Crippen LogP contribution is 2.17. The normalized spacial score (nSPS) is 10.3. The highest BCUT2D eigenvalue weighted by atomic mass is 35.5. The Balaban J connectivity index is 2.11. The number of hydrogen-bond acceptors (Lipinski definition) is 2. The van der Waals surface area contributed by atoms with E-state index in [1.165, 1.54) is 11.3 Å². The molecule has 3 heteroatoms. The van der Waals surface area contributed by atoms with E-state index < -0.39 is 0 Å². The number of hydrogen-bond donors (Lipinski definition) is 0. The molecule has 0 unspecified atom stereocenters. The predicted molar refractivity (Wildman–Crippen MR) is 72.5 cm³/mol. The lowest BCUT2D eigenvalue weighted by molar-refractivity contribution is 0.914. The van der Waals surface area contributed by atoms with Crippen LogP contribution in [0.25, 0.3) is 0 Å². The smallest absolute Gasteiger partial charge is 0.129 e. The zero-order valence-corrected chi connectivity index (χ0v) is 10.8. The molecule has 0 aliphatic rings. The van der Waals surface area contributed by atoms with Crippen LogP contribution < -0.4 is 4.90 Å². The Morgan fingerprint density at radius 1 is 1.24 bits per heavy atom. The SMILES string of the molecule is Cc1cccc(N(C)Cc2ccc(Cl)nc2)c1. The molecule has 1 aromatic heterocycles. The van der Waals surface area contributed by atoms with Gasteiger partial charge >= 0.3 is 0 Å². The van der Waals surface area contributed by atoms with Gasteiger partial charge in [-0.1, -0.05) is 29.8 Å². The molecule has 0 bridgehead atoms. The molecule has 2 rings (SSSR count). The molecule has 0 spiro atoms. The van der Waals surface area contributed by atoms with Crippen molar-refractivity contribution in [2.24, 2.45) is 0 Å². The molecule has 0 atom stereocenters. The highest BCUT2D eigenvalue weighted by molar-refractivity contribution is 6.29. The molecule has 0 N–H and O–H groups in total. The van der Waals surface area contributed by atoms with Crippen LogP contribution in [0.2, 0.25) is 5.15 Å². The molecule has 1 aromatic carbocycles. The van der Waals surface area contributed by atoms with Gasteiger partial charge in [0, 0.05) is 25.5 Å². The third-order valence-electron chi connectivity index (χ3n) is 2.65. The first kappa shape index (κ1) is 11.9. The van der Waals surface area contributed by atoms with Gasteiger partial charge in [0.2, 0.25) is 0 Å². The van der Waals surface area contributed by atoms with E-state index in [9.17, 15) is 0 Å². The summed E-state index contributed by atoms with van der Waals surface area (Å²) in [7, 11) is 2.07. The minimum absolute atomic E-state index is 0.534. The van der Waals surface area contributed by atoms with Crippen LogP contribution in [-0.4, -0.2) is 12.0 Å². The van der Waals surface area contributed by atoms with Crippen LogP contribution in [0.15, 0.2) is 42.6 Å². The van der Waals surface area contributed by atoms with Gasteiger partial charge in [0.25, 0.3) is 0 Å². The summed E-state index contributed by atoms with van der Waals surface area (Å²) in [5, 5.41) is 0.534. The Morgan fingerprint density at radius 2 is 2.06 bits per heavy atom. The van der Waals surface area contributed by atoms with Gasteiger partial charge < -0.3 is 4.90 Å². The van der Waals surface area contributed by atoms with E-state index in [0.717, 1.165) is 12.1 Å². The topological polar surface area (TPSA) is 16.1 Å². The van der Waals surface area contributed by atoms with Crippen molar-refractivity contribution >= 4 is 17.3 Å². The van der Waals surface area contributed by atoms with E-state index in [-0.39, 0.29) is 0 Å². The molecule has 0 saturated carbocycles. The average molecular weight is 247 g/mol. The molecule has 0 fully saturated rings. The number of benzene rings is 1. The average Bonchev–Trinajstić information content (AvgIpc) is 2.32. The number of aryl methyl sites for hydroxylation is 1. The van der Waals surface area contributed by atoms with Crippen molar-refractivity contribution < 1.29 is 0 Å². The summed E-state index contributed by atoms with van der Waals surface area (Å²) in [6, 6.07) is 12.3. The van der Waals surface area contributed by atoms with Crippen molar-refractivity contribution in [1.29, 1.82) is 0 Å². The van der Waals surface area contributed by atoms with Crippen molar-refractivity contribution in [3.63, 3.8) is 0 Å². The van der Waals surface area contributed by atoms with Crippen LogP contribution in [0, 0.1) is 6.92 Å². The lowest BCUT2D eigenvalue weighted by atomic mass is 10.2. The van der Waals surface area contributed by atoms with E-state index in [2.05, 4.69) is 48.1 Å². The van der Waals surface area contributed by atoms with E-state index in [1.54, 1.807) is 0 Å².